The van der Waals surface area contributed by atoms with Crippen LogP contribution in [0.1, 0.15) is 19.3 Å². The average Bonchev–Trinajstić information content (AvgIpc) is 3.30. The van der Waals surface area contributed by atoms with Gasteiger partial charge in [0.25, 0.3) is 0 Å². The molecule has 0 aromatic rings. The topological polar surface area (TPSA) is 80.0 Å². The monoisotopic (exact) mass is 289 g/mol. The van der Waals surface area contributed by atoms with Gasteiger partial charge in [0, 0.05) is 20.3 Å². The van der Waals surface area contributed by atoms with Gasteiger partial charge >= 0.3 is 5.97 Å². The molecule has 0 radical (unpaired) electrons. The first-order valence-electron chi connectivity index (χ1n) is 7.14. The van der Waals surface area contributed by atoms with Gasteiger partial charge in [0.05, 0.1) is 39.0 Å². The van der Waals surface area contributed by atoms with E-state index in [-0.39, 0.29) is 5.97 Å². The highest BCUT2D eigenvalue weighted by Gasteiger charge is 2.50. The molecule has 6 heteroatoms. The number of hydrogen-bond donors (Lipinski definition) is 1. The molecule has 2 N–H and O–H groups in total. The summed E-state index contributed by atoms with van der Waals surface area (Å²) in [7, 11) is 3.05. The van der Waals surface area contributed by atoms with E-state index in [1.165, 1.54) is 7.11 Å². The molecule has 1 fully saturated rings. The van der Waals surface area contributed by atoms with Crippen LogP contribution in [0.15, 0.2) is 0 Å². The van der Waals surface area contributed by atoms with Gasteiger partial charge in [0.15, 0.2) is 0 Å². The van der Waals surface area contributed by atoms with Gasteiger partial charge in [-0.2, -0.15) is 0 Å². The Balaban J connectivity index is 2.21. The van der Waals surface area contributed by atoms with Crippen molar-refractivity contribution in [2.75, 3.05) is 53.8 Å². The quantitative estimate of drug-likeness (QED) is 0.418. The van der Waals surface area contributed by atoms with E-state index in [0.717, 1.165) is 12.8 Å². The minimum atomic E-state index is -0.564. The van der Waals surface area contributed by atoms with Crippen LogP contribution in [0.2, 0.25) is 0 Å². The lowest BCUT2D eigenvalue weighted by atomic mass is 9.79. The summed E-state index contributed by atoms with van der Waals surface area (Å²) >= 11 is 0. The van der Waals surface area contributed by atoms with Gasteiger partial charge in [-0.15, -0.1) is 0 Å². The number of nitrogens with two attached hydrogens (primary N) is 1. The number of carbonyl (C=O) groups is 1. The van der Waals surface area contributed by atoms with E-state index < -0.39 is 5.41 Å². The molecule has 0 aromatic carbocycles. The lowest BCUT2D eigenvalue weighted by Gasteiger charge is -2.29. The van der Waals surface area contributed by atoms with Crippen LogP contribution in [-0.4, -0.2) is 59.8 Å². The summed E-state index contributed by atoms with van der Waals surface area (Å²) < 4.78 is 20.6. The molecule has 0 amide bonds. The van der Waals surface area contributed by atoms with Crippen LogP contribution in [0.5, 0.6) is 0 Å². The zero-order valence-electron chi connectivity index (χ0n) is 12.6. The molecule has 1 rings (SSSR count). The lowest BCUT2D eigenvalue weighted by Crippen LogP contribution is -2.42. The van der Waals surface area contributed by atoms with Crippen LogP contribution in [0.3, 0.4) is 0 Å². The maximum Gasteiger partial charge on any atom is 0.313 e. The largest absolute Gasteiger partial charge is 0.469 e. The smallest absolute Gasteiger partial charge is 0.313 e. The van der Waals surface area contributed by atoms with Crippen molar-refractivity contribution < 1.29 is 23.7 Å². The molecule has 0 saturated heterocycles. The second kappa shape index (κ2) is 9.28. The second-order valence-electron chi connectivity index (χ2n) is 5.09. The van der Waals surface area contributed by atoms with Crippen molar-refractivity contribution in [1.29, 1.82) is 0 Å². The van der Waals surface area contributed by atoms with Gasteiger partial charge in [-0.1, -0.05) is 0 Å². The Hall–Kier alpha value is -0.690. The van der Waals surface area contributed by atoms with Crippen molar-refractivity contribution in [3.8, 4) is 0 Å². The highest BCUT2D eigenvalue weighted by molar-refractivity contribution is 5.78. The van der Waals surface area contributed by atoms with Crippen molar-refractivity contribution in [3.05, 3.63) is 0 Å². The molecular weight excluding hydrogens is 262 g/mol. The number of ether oxygens (including phenoxy) is 4. The number of rotatable bonds is 12. The molecular formula is C14H27NO5. The Bertz CT molecular complexity index is 283. The Labute approximate surface area is 120 Å². The van der Waals surface area contributed by atoms with Crippen LogP contribution in [0.4, 0.5) is 0 Å². The molecule has 0 spiro atoms. The minimum Gasteiger partial charge on any atom is -0.469 e. The fraction of sp³-hybridized carbons (Fsp3) is 0.929. The Morgan fingerprint density at radius 1 is 1.10 bits per heavy atom. The van der Waals surface area contributed by atoms with Crippen LogP contribution in [-0.2, 0) is 23.7 Å². The minimum absolute atomic E-state index is 0.206. The fourth-order valence-corrected chi connectivity index (χ4v) is 2.38. The summed E-state index contributed by atoms with van der Waals surface area (Å²) in [5.41, 5.74) is 5.26. The summed E-state index contributed by atoms with van der Waals surface area (Å²) in [5.74, 6) is 0.143. The summed E-state index contributed by atoms with van der Waals surface area (Å²) in [6, 6.07) is 0. The van der Waals surface area contributed by atoms with Crippen molar-refractivity contribution in [2.24, 2.45) is 17.1 Å². The Kier molecular flexibility index (Phi) is 8.06. The zero-order valence-corrected chi connectivity index (χ0v) is 12.6. The molecule has 0 bridgehead atoms. The molecule has 1 aliphatic carbocycles. The first-order valence-corrected chi connectivity index (χ1v) is 7.14. The number of methoxy groups -OCH3 is 2. The summed E-state index contributed by atoms with van der Waals surface area (Å²) in [6.45, 7) is 3.00. The highest BCUT2D eigenvalue weighted by Crippen LogP contribution is 2.48. The normalized spacial score (nSPS) is 17.8. The van der Waals surface area contributed by atoms with E-state index in [4.69, 9.17) is 24.7 Å². The van der Waals surface area contributed by atoms with Gasteiger partial charge in [-0.25, -0.2) is 0 Å². The standard InChI is InChI=1S/C14H27NO5/c1-17-7-8-20-10-9-19-6-5-14(11-15,12-3-4-12)13(16)18-2/h12H,3-11,15H2,1-2H3. The maximum atomic E-state index is 12.0. The summed E-state index contributed by atoms with van der Waals surface area (Å²) in [6.07, 6.45) is 2.71. The van der Waals surface area contributed by atoms with E-state index in [9.17, 15) is 4.79 Å². The molecule has 0 aromatic heterocycles. The number of carbonyl (C=O) groups excluding carboxylic acids is 1. The first kappa shape index (κ1) is 17.4. The van der Waals surface area contributed by atoms with Crippen molar-refractivity contribution >= 4 is 5.97 Å². The first-order chi connectivity index (χ1) is 9.71. The molecule has 0 heterocycles. The van der Waals surface area contributed by atoms with Crippen LogP contribution in [0.25, 0.3) is 0 Å². The predicted octanol–water partition coefficient (Wildman–Crippen LogP) is 0.584. The van der Waals surface area contributed by atoms with Crippen molar-refractivity contribution in [3.63, 3.8) is 0 Å². The molecule has 6 nitrogen and oxygen atoms in total. The SMILES string of the molecule is COCCOCCOCCC(CN)(C(=O)OC)C1CC1. The number of esters is 1. The van der Waals surface area contributed by atoms with Gasteiger partial charge in [0.2, 0.25) is 0 Å². The van der Waals surface area contributed by atoms with Gasteiger partial charge in [-0.3, -0.25) is 4.79 Å². The molecule has 1 unspecified atom stereocenters. The third-order valence-corrected chi connectivity index (χ3v) is 3.81. The second-order valence-corrected chi connectivity index (χ2v) is 5.09. The summed E-state index contributed by atoms with van der Waals surface area (Å²) in [4.78, 5) is 12.0. The fourth-order valence-electron chi connectivity index (χ4n) is 2.38. The van der Waals surface area contributed by atoms with E-state index in [2.05, 4.69) is 0 Å². The van der Waals surface area contributed by atoms with Gasteiger partial charge in [-0.05, 0) is 25.2 Å². The van der Waals surface area contributed by atoms with Crippen molar-refractivity contribution in [1.82, 2.24) is 0 Å². The predicted molar refractivity (Wildman–Crippen MR) is 74.4 cm³/mol. The third kappa shape index (κ3) is 5.01. The Morgan fingerprint density at radius 3 is 2.20 bits per heavy atom. The molecule has 1 aliphatic rings. The number of hydrogen-bond acceptors (Lipinski definition) is 6. The van der Waals surface area contributed by atoms with Gasteiger partial charge < -0.3 is 24.7 Å². The molecule has 1 atom stereocenters. The summed E-state index contributed by atoms with van der Waals surface area (Å²) in [5, 5.41) is 0. The molecule has 0 aliphatic heterocycles. The van der Waals surface area contributed by atoms with Crippen LogP contribution < -0.4 is 5.73 Å². The van der Waals surface area contributed by atoms with Crippen LogP contribution >= 0.6 is 0 Å². The zero-order chi connectivity index (χ0) is 14.8. The molecule has 20 heavy (non-hydrogen) atoms. The highest BCUT2D eigenvalue weighted by atomic mass is 16.5. The third-order valence-electron chi connectivity index (χ3n) is 3.81. The van der Waals surface area contributed by atoms with Crippen LogP contribution in [0, 0.1) is 11.3 Å². The van der Waals surface area contributed by atoms with E-state index >= 15 is 0 Å². The Morgan fingerprint density at radius 2 is 1.70 bits per heavy atom. The lowest BCUT2D eigenvalue weighted by molar-refractivity contribution is -0.155. The molecule has 1 saturated carbocycles. The van der Waals surface area contributed by atoms with Gasteiger partial charge in [0.1, 0.15) is 0 Å². The van der Waals surface area contributed by atoms with E-state index in [0.29, 0.717) is 51.9 Å². The van der Waals surface area contributed by atoms with Crippen molar-refractivity contribution in [2.45, 2.75) is 19.3 Å². The average molecular weight is 289 g/mol. The van der Waals surface area contributed by atoms with E-state index in [1.807, 2.05) is 0 Å². The van der Waals surface area contributed by atoms with E-state index in [1.54, 1.807) is 7.11 Å². The molecule has 118 valence electrons. The maximum absolute atomic E-state index is 12.0.